The molecule has 2 aromatic rings. The number of aromatic nitrogens is 4. The zero-order chi connectivity index (χ0) is 19.3. The molecule has 4 heteroatoms. The maximum Gasteiger partial charge on any atom is 0.105 e. The summed E-state index contributed by atoms with van der Waals surface area (Å²) in [6.45, 7) is 2.29. The Morgan fingerprint density at radius 1 is 0.667 bits per heavy atom. The first-order valence-electron chi connectivity index (χ1n) is 11.3. The van der Waals surface area contributed by atoms with E-state index in [9.17, 15) is 0 Å². The monoisotopic (exact) mass is 374 g/mol. The highest BCUT2D eigenvalue weighted by atomic mass is 14.9. The number of H-pyrrole nitrogens is 2. The van der Waals surface area contributed by atoms with Crippen LogP contribution in [0.3, 0.4) is 0 Å². The second-order valence-electron chi connectivity index (χ2n) is 7.50. The predicted octanol–water partition coefficient (Wildman–Crippen LogP) is 7.23. The van der Waals surface area contributed by atoms with Gasteiger partial charge in [-0.05, 0) is 6.42 Å². The van der Waals surface area contributed by atoms with Gasteiger partial charge < -0.3 is 9.97 Å². The van der Waals surface area contributed by atoms with Gasteiger partial charge in [-0.25, -0.2) is 9.97 Å². The normalized spacial score (nSPS) is 10.6. The van der Waals surface area contributed by atoms with Gasteiger partial charge in [0.05, 0.1) is 6.33 Å². The van der Waals surface area contributed by atoms with Crippen molar-refractivity contribution in [2.75, 3.05) is 0 Å². The van der Waals surface area contributed by atoms with Gasteiger partial charge in [0.2, 0.25) is 0 Å². The highest BCUT2D eigenvalue weighted by Crippen LogP contribution is 2.13. The third-order valence-corrected chi connectivity index (χ3v) is 4.98. The Bertz CT molecular complexity index is 447. The first kappa shape index (κ1) is 23.5. The van der Waals surface area contributed by atoms with E-state index in [0.717, 1.165) is 12.2 Å². The van der Waals surface area contributed by atoms with Gasteiger partial charge in [-0.15, -0.1) is 0 Å². The van der Waals surface area contributed by atoms with Crippen LogP contribution in [-0.4, -0.2) is 19.9 Å². The van der Waals surface area contributed by atoms with Gasteiger partial charge in [-0.3, -0.25) is 0 Å². The summed E-state index contributed by atoms with van der Waals surface area (Å²) in [7, 11) is 0. The van der Waals surface area contributed by atoms with Crippen molar-refractivity contribution in [1.29, 1.82) is 0 Å². The van der Waals surface area contributed by atoms with Gasteiger partial charge in [-0.1, -0.05) is 96.8 Å². The lowest BCUT2D eigenvalue weighted by atomic mass is 10.0. The molecule has 0 atom stereocenters. The van der Waals surface area contributed by atoms with Crippen LogP contribution in [0.4, 0.5) is 0 Å². The van der Waals surface area contributed by atoms with Crippen LogP contribution in [-0.2, 0) is 6.42 Å². The van der Waals surface area contributed by atoms with Crippen LogP contribution in [0.5, 0.6) is 0 Å². The number of unbranched alkanes of at least 4 members (excludes halogenated alkanes) is 14. The highest BCUT2D eigenvalue weighted by Gasteiger charge is 1.96. The molecular weight excluding hydrogens is 332 g/mol. The zero-order valence-corrected chi connectivity index (χ0v) is 17.6. The summed E-state index contributed by atoms with van der Waals surface area (Å²) in [5.41, 5.74) is 0. The average molecular weight is 375 g/mol. The van der Waals surface area contributed by atoms with E-state index in [4.69, 9.17) is 0 Å². The van der Waals surface area contributed by atoms with Gasteiger partial charge in [0.15, 0.2) is 0 Å². The summed E-state index contributed by atoms with van der Waals surface area (Å²) in [6, 6.07) is 0. The Morgan fingerprint density at radius 3 is 1.59 bits per heavy atom. The predicted molar refractivity (Wildman–Crippen MR) is 116 cm³/mol. The van der Waals surface area contributed by atoms with E-state index in [2.05, 4.69) is 26.9 Å². The second-order valence-corrected chi connectivity index (χ2v) is 7.50. The first-order valence-corrected chi connectivity index (χ1v) is 11.3. The molecule has 0 aromatic carbocycles. The van der Waals surface area contributed by atoms with Crippen LogP contribution in [0.25, 0.3) is 0 Å². The van der Waals surface area contributed by atoms with Crippen LogP contribution in [0.1, 0.15) is 109 Å². The highest BCUT2D eigenvalue weighted by molar-refractivity contribution is 4.86. The van der Waals surface area contributed by atoms with Crippen molar-refractivity contribution in [3.05, 3.63) is 36.9 Å². The van der Waals surface area contributed by atoms with E-state index in [1.54, 1.807) is 18.7 Å². The number of nitrogens with one attached hydrogen (secondary N) is 2. The SMILES string of the molecule is CCCCCCCCCCCCCCCCCc1ncc[nH]1.c1c[nH]cn1. The summed E-state index contributed by atoms with van der Waals surface area (Å²) in [5.74, 6) is 1.15. The smallest absolute Gasteiger partial charge is 0.105 e. The molecule has 0 saturated heterocycles. The average Bonchev–Trinajstić information content (AvgIpc) is 3.41. The summed E-state index contributed by atoms with van der Waals surface area (Å²) in [5, 5.41) is 0. The fourth-order valence-corrected chi connectivity index (χ4v) is 3.31. The molecular formula is C23H42N4. The van der Waals surface area contributed by atoms with Crippen molar-refractivity contribution in [1.82, 2.24) is 19.9 Å². The lowest BCUT2D eigenvalue weighted by Gasteiger charge is -2.03. The maximum absolute atomic E-state index is 4.26. The van der Waals surface area contributed by atoms with E-state index in [1.807, 2.05) is 12.4 Å². The molecule has 0 aliphatic heterocycles. The molecule has 0 spiro atoms. The second kappa shape index (κ2) is 19.2. The van der Waals surface area contributed by atoms with Crippen LogP contribution in [0, 0.1) is 0 Å². The molecule has 0 fully saturated rings. The van der Waals surface area contributed by atoms with Crippen molar-refractivity contribution in [3.63, 3.8) is 0 Å². The van der Waals surface area contributed by atoms with E-state index < -0.39 is 0 Å². The fourth-order valence-electron chi connectivity index (χ4n) is 3.31. The number of rotatable bonds is 16. The first-order chi connectivity index (χ1) is 13.4. The van der Waals surface area contributed by atoms with Crippen molar-refractivity contribution in [2.45, 2.75) is 110 Å². The Morgan fingerprint density at radius 2 is 1.22 bits per heavy atom. The quantitative estimate of drug-likeness (QED) is 0.304. The molecule has 0 saturated carbocycles. The van der Waals surface area contributed by atoms with Gasteiger partial charge in [-0.2, -0.15) is 0 Å². The Kier molecular flexibility index (Phi) is 16.7. The molecule has 0 amide bonds. The van der Waals surface area contributed by atoms with Gasteiger partial charge >= 0.3 is 0 Å². The third-order valence-electron chi connectivity index (χ3n) is 4.98. The third kappa shape index (κ3) is 16.3. The van der Waals surface area contributed by atoms with E-state index in [-0.39, 0.29) is 0 Å². The van der Waals surface area contributed by atoms with Gasteiger partial charge in [0.1, 0.15) is 5.82 Å². The van der Waals surface area contributed by atoms with Crippen molar-refractivity contribution in [3.8, 4) is 0 Å². The summed E-state index contributed by atoms with van der Waals surface area (Å²) in [4.78, 5) is 13.9. The molecule has 0 aliphatic carbocycles. The summed E-state index contributed by atoms with van der Waals surface area (Å²) >= 11 is 0. The van der Waals surface area contributed by atoms with Crippen LogP contribution in [0.15, 0.2) is 31.1 Å². The number of aromatic amines is 2. The molecule has 2 aromatic heterocycles. The lowest BCUT2D eigenvalue weighted by molar-refractivity contribution is 0.531. The number of hydrogen-bond acceptors (Lipinski definition) is 2. The van der Waals surface area contributed by atoms with Crippen LogP contribution >= 0.6 is 0 Å². The van der Waals surface area contributed by atoms with E-state index >= 15 is 0 Å². The van der Waals surface area contributed by atoms with Crippen LogP contribution in [0.2, 0.25) is 0 Å². The lowest BCUT2D eigenvalue weighted by Crippen LogP contribution is -1.88. The minimum atomic E-state index is 1.12. The number of imidazole rings is 2. The largest absolute Gasteiger partial charge is 0.351 e. The van der Waals surface area contributed by atoms with Crippen molar-refractivity contribution < 1.29 is 0 Å². The van der Waals surface area contributed by atoms with E-state index in [0.29, 0.717) is 0 Å². The molecule has 0 unspecified atom stereocenters. The Balaban J connectivity index is 0.000000625. The number of nitrogens with zero attached hydrogens (tertiary/aromatic N) is 2. The van der Waals surface area contributed by atoms with E-state index in [1.165, 1.54) is 96.3 Å². The fraction of sp³-hybridized carbons (Fsp3) is 0.739. The molecule has 27 heavy (non-hydrogen) atoms. The number of aryl methyl sites for hydroxylation is 1. The standard InChI is InChI=1S/C20H38N2.C3H4N2/c1-2-3-4-5-6-7-8-9-10-11-12-13-14-15-16-17-20-21-18-19-22-20;1-2-5-3-4-1/h18-19H,2-17H2,1H3,(H,21,22);1-3H,(H,4,5). The maximum atomic E-state index is 4.26. The molecule has 2 rings (SSSR count). The molecule has 2 heterocycles. The van der Waals surface area contributed by atoms with Gasteiger partial charge in [0, 0.05) is 31.2 Å². The molecule has 4 nitrogen and oxygen atoms in total. The minimum Gasteiger partial charge on any atom is -0.351 e. The molecule has 154 valence electrons. The molecule has 2 N–H and O–H groups in total. The molecule has 0 radical (unpaired) electrons. The van der Waals surface area contributed by atoms with Crippen LogP contribution < -0.4 is 0 Å². The Labute approximate surface area is 167 Å². The van der Waals surface area contributed by atoms with Crippen molar-refractivity contribution >= 4 is 0 Å². The van der Waals surface area contributed by atoms with Gasteiger partial charge in [0.25, 0.3) is 0 Å². The zero-order valence-electron chi connectivity index (χ0n) is 17.6. The minimum absolute atomic E-state index is 1.12. The Hall–Kier alpha value is -1.58. The molecule has 0 bridgehead atoms. The topological polar surface area (TPSA) is 57.4 Å². The molecule has 0 aliphatic rings. The summed E-state index contributed by atoms with van der Waals surface area (Å²) in [6.07, 6.45) is 31.4. The van der Waals surface area contributed by atoms with Crippen molar-refractivity contribution in [2.24, 2.45) is 0 Å². The summed E-state index contributed by atoms with van der Waals surface area (Å²) < 4.78 is 0. The number of hydrogen-bond donors (Lipinski definition) is 2.